The Morgan fingerprint density at radius 2 is 2.06 bits per heavy atom. The molecule has 0 amide bonds. The zero-order valence-electron chi connectivity index (χ0n) is 9.97. The van der Waals surface area contributed by atoms with E-state index in [2.05, 4.69) is 17.2 Å². The predicted octanol–water partition coefficient (Wildman–Crippen LogP) is 3.12. The van der Waals surface area contributed by atoms with Crippen LogP contribution in [0.4, 0.5) is 5.69 Å². The van der Waals surface area contributed by atoms with Crippen LogP contribution in [0.3, 0.4) is 0 Å². The molecular weight excluding hydrogens is 232 g/mol. The molecule has 0 saturated carbocycles. The topological polar surface area (TPSA) is 45.2 Å². The molecule has 0 fully saturated rings. The second-order valence-electron chi connectivity index (χ2n) is 4.02. The van der Waals surface area contributed by atoms with Crippen molar-refractivity contribution in [2.45, 2.75) is 26.5 Å². The first-order valence-corrected chi connectivity index (χ1v) is 6.45. The first kappa shape index (κ1) is 12.1. The fourth-order valence-corrected chi connectivity index (χ4v) is 2.56. The van der Waals surface area contributed by atoms with Crippen LogP contribution in [0.5, 0.6) is 0 Å². The number of anilines is 1. The number of thiazole rings is 1. The molecule has 4 heteroatoms. The van der Waals surface area contributed by atoms with Crippen LogP contribution in [-0.2, 0) is 6.61 Å². The van der Waals surface area contributed by atoms with Crippen molar-refractivity contribution in [3.8, 4) is 0 Å². The molecule has 3 nitrogen and oxygen atoms in total. The van der Waals surface area contributed by atoms with E-state index in [0.717, 1.165) is 16.9 Å². The number of hydrogen-bond donors (Lipinski definition) is 2. The summed E-state index contributed by atoms with van der Waals surface area (Å²) in [5, 5.41) is 12.4. The van der Waals surface area contributed by atoms with E-state index in [1.165, 1.54) is 4.88 Å². The summed E-state index contributed by atoms with van der Waals surface area (Å²) in [5.74, 6) is 0. The van der Waals surface area contributed by atoms with Crippen LogP contribution < -0.4 is 5.32 Å². The molecule has 1 heterocycles. The van der Waals surface area contributed by atoms with Gasteiger partial charge < -0.3 is 10.4 Å². The van der Waals surface area contributed by atoms with Crippen LogP contribution in [0.1, 0.15) is 29.1 Å². The van der Waals surface area contributed by atoms with Gasteiger partial charge in [0, 0.05) is 10.6 Å². The van der Waals surface area contributed by atoms with Crippen LogP contribution in [0.25, 0.3) is 0 Å². The van der Waals surface area contributed by atoms with Gasteiger partial charge in [-0.05, 0) is 31.5 Å². The maximum Gasteiger partial charge on any atom is 0.0798 e. The van der Waals surface area contributed by atoms with Gasteiger partial charge in [0.2, 0.25) is 0 Å². The third kappa shape index (κ3) is 2.84. The van der Waals surface area contributed by atoms with Crippen molar-refractivity contribution in [1.29, 1.82) is 0 Å². The Morgan fingerprint density at radius 3 is 2.59 bits per heavy atom. The molecule has 1 aromatic heterocycles. The fraction of sp³-hybridized carbons (Fsp3) is 0.308. The number of nitrogens with zero attached hydrogens (tertiary/aromatic N) is 1. The molecule has 1 atom stereocenters. The van der Waals surface area contributed by atoms with Crippen molar-refractivity contribution in [3.63, 3.8) is 0 Å². The number of aliphatic hydroxyl groups excluding tert-OH is 1. The van der Waals surface area contributed by atoms with Gasteiger partial charge in [-0.15, -0.1) is 11.3 Å². The molecule has 0 spiro atoms. The van der Waals surface area contributed by atoms with Gasteiger partial charge in [0.25, 0.3) is 0 Å². The van der Waals surface area contributed by atoms with Crippen molar-refractivity contribution in [3.05, 3.63) is 45.9 Å². The van der Waals surface area contributed by atoms with Crippen molar-refractivity contribution in [2.75, 3.05) is 5.32 Å². The minimum absolute atomic E-state index is 0.0871. The Morgan fingerprint density at radius 1 is 1.35 bits per heavy atom. The summed E-state index contributed by atoms with van der Waals surface area (Å²) in [4.78, 5) is 5.51. The van der Waals surface area contributed by atoms with Gasteiger partial charge >= 0.3 is 0 Å². The minimum atomic E-state index is 0.0871. The molecule has 2 rings (SSSR count). The van der Waals surface area contributed by atoms with E-state index in [9.17, 15) is 0 Å². The lowest BCUT2D eigenvalue weighted by atomic mass is 10.2. The summed E-state index contributed by atoms with van der Waals surface area (Å²) in [7, 11) is 0. The van der Waals surface area contributed by atoms with Crippen LogP contribution in [0.15, 0.2) is 29.8 Å². The number of benzene rings is 1. The maximum atomic E-state index is 8.97. The second-order valence-corrected chi connectivity index (χ2v) is 4.91. The summed E-state index contributed by atoms with van der Waals surface area (Å²) < 4.78 is 0. The quantitative estimate of drug-likeness (QED) is 0.873. The molecule has 2 aromatic rings. The Labute approximate surface area is 105 Å². The second kappa shape index (κ2) is 5.29. The molecule has 0 aliphatic carbocycles. The Hall–Kier alpha value is -1.39. The van der Waals surface area contributed by atoms with Crippen LogP contribution in [0.2, 0.25) is 0 Å². The number of aryl methyl sites for hydroxylation is 1. The Bertz CT molecular complexity index is 478. The average Bonchev–Trinajstić information content (AvgIpc) is 2.76. The van der Waals surface area contributed by atoms with Gasteiger partial charge in [-0.3, -0.25) is 0 Å². The summed E-state index contributed by atoms with van der Waals surface area (Å²) in [6, 6.07) is 8.07. The molecule has 0 aliphatic heterocycles. The first-order valence-electron chi connectivity index (χ1n) is 5.57. The van der Waals surface area contributed by atoms with Crippen LogP contribution >= 0.6 is 11.3 Å². The van der Waals surface area contributed by atoms with Gasteiger partial charge in [0.15, 0.2) is 0 Å². The normalized spacial score (nSPS) is 12.4. The largest absolute Gasteiger partial charge is 0.392 e. The summed E-state index contributed by atoms with van der Waals surface area (Å²) in [6.45, 7) is 4.24. The van der Waals surface area contributed by atoms with Crippen LogP contribution in [0, 0.1) is 6.92 Å². The lowest BCUT2D eigenvalue weighted by Gasteiger charge is -2.14. The average molecular weight is 248 g/mol. The highest BCUT2D eigenvalue weighted by Crippen LogP contribution is 2.25. The molecule has 90 valence electrons. The molecular formula is C13H16N2OS. The molecule has 0 bridgehead atoms. The number of hydrogen-bond acceptors (Lipinski definition) is 4. The molecule has 0 radical (unpaired) electrons. The SMILES string of the molecule is Cc1ncsc1C(C)Nc1ccc(CO)cc1. The highest BCUT2D eigenvalue weighted by Gasteiger charge is 2.10. The third-order valence-corrected chi connectivity index (χ3v) is 3.81. The summed E-state index contributed by atoms with van der Waals surface area (Å²) >= 11 is 1.67. The Balaban J connectivity index is 2.07. The van der Waals surface area contributed by atoms with Gasteiger partial charge in [-0.2, -0.15) is 0 Å². The lowest BCUT2D eigenvalue weighted by Crippen LogP contribution is -2.06. The molecule has 0 saturated heterocycles. The number of aromatic nitrogens is 1. The number of nitrogens with one attached hydrogen (secondary N) is 1. The molecule has 2 N–H and O–H groups in total. The van der Waals surface area contributed by atoms with E-state index in [-0.39, 0.29) is 12.6 Å². The summed E-state index contributed by atoms with van der Waals surface area (Å²) in [5.41, 5.74) is 4.94. The smallest absolute Gasteiger partial charge is 0.0798 e. The monoisotopic (exact) mass is 248 g/mol. The zero-order chi connectivity index (χ0) is 12.3. The number of rotatable bonds is 4. The highest BCUT2D eigenvalue weighted by atomic mass is 32.1. The van der Waals surface area contributed by atoms with Gasteiger partial charge in [0.05, 0.1) is 23.9 Å². The lowest BCUT2D eigenvalue weighted by molar-refractivity contribution is 0.282. The third-order valence-electron chi connectivity index (χ3n) is 2.70. The fourth-order valence-electron chi connectivity index (χ4n) is 1.75. The zero-order valence-corrected chi connectivity index (χ0v) is 10.8. The molecule has 17 heavy (non-hydrogen) atoms. The van der Waals surface area contributed by atoms with Gasteiger partial charge in [-0.25, -0.2) is 4.98 Å². The minimum Gasteiger partial charge on any atom is -0.392 e. The summed E-state index contributed by atoms with van der Waals surface area (Å²) in [6.07, 6.45) is 0. The van der Waals surface area contributed by atoms with E-state index in [1.807, 2.05) is 36.7 Å². The first-order chi connectivity index (χ1) is 8.20. The van der Waals surface area contributed by atoms with E-state index in [0.29, 0.717) is 0 Å². The van der Waals surface area contributed by atoms with E-state index in [1.54, 1.807) is 11.3 Å². The van der Waals surface area contributed by atoms with E-state index in [4.69, 9.17) is 5.11 Å². The van der Waals surface area contributed by atoms with Crippen molar-refractivity contribution in [2.24, 2.45) is 0 Å². The molecule has 1 unspecified atom stereocenters. The van der Waals surface area contributed by atoms with E-state index < -0.39 is 0 Å². The molecule has 1 aromatic carbocycles. The van der Waals surface area contributed by atoms with Crippen molar-refractivity contribution >= 4 is 17.0 Å². The van der Waals surface area contributed by atoms with Crippen molar-refractivity contribution < 1.29 is 5.11 Å². The van der Waals surface area contributed by atoms with Crippen molar-refractivity contribution in [1.82, 2.24) is 4.98 Å². The standard InChI is InChI=1S/C13H16N2OS/c1-9-13(17-8-14-9)10(2)15-12-5-3-11(7-16)4-6-12/h3-6,8,10,15-16H,7H2,1-2H3. The molecule has 0 aliphatic rings. The van der Waals surface area contributed by atoms with E-state index >= 15 is 0 Å². The Kier molecular flexibility index (Phi) is 3.76. The van der Waals surface area contributed by atoms with Gasteiger partial charge in [-0.1, -0.05) is 12.1 Å². The number of aliphatic hydroxyl groups is 1. The highest BCUT2D eigenvalue weighted by molar-refractivity contribution is 7.09. The maximum absolute atomic E-state index is 8.97. The van der Waals surface area contributed by atoms with Gasteiger partial charge in [0.1, 0.15) is 0 Å². The predicted molar refractivity (Wildman–Crippen MR) is 71.3 cm³/mol. The van der Waals surface area contributed by atoms with Crippen LogP contribution in [-0.4, -0.2) is 10.1 Å².